The highest BCUT2D eigenvalue weighted by Gasteiger charge is 2.44. The zero-order chi connectivity index (χ0) is 32.0. The average molecular weight is 616 g/mol. The van der Waals surface area contributed by atoms with Gasteiger partial charge in [-0.3, -0.25) is 4.79 Å². The van der Waals surface area contributed by atoms with Crippen molar-refractivity contribution in [2.75, 3.05) is 33.8 Å². The maximum Gasteiger partial charge on any atom is 0.406 e. The lowest BCUT2D eigenvalue weighted by molar-refractivity contribution is -0.0567. The molecular formula is C33H37F4N3O4. The Hall–Kier alpha value is -3.96. The van der Waals surface area contributed by atoms with E-state index < -0.39 is 46.8 Å². The van der Waals surface area contributed by atoms with Crippen LogP contribution >= 0.6 is 0 Å². The molecule has 1 fully saturated rings. The number of benzene rings is 3. The van der Waals surface area contributed by atoms with Gasteiger partial charge in [-0.1, -0.05) is 17.7 Å². The fourth-order valence-electron chi connectivity index (χ4n) is 5.97. The number of hydrogen-bond donors (Lipinski definition) is 3. The van der Waals surface area contributed by atoms with E-state index in [1.54, 1.807) is 20.0 Å². The average Bonchev–Trinajstić information content (AvgIpc) is 3.00. The molecule has 1 aliphatic heterocycles. The Balaban J connectivity index is 1.76. The molecule has 0 spiro atoms. The molecule has 1 unspecified atom stereocenters. The SMILES string of the molecule is CNCc1ccc(C(=O)N2CCC[C@@H](C(O)(CCCNC(=O)OC)c3cc(F)cc(F)c3-c3cc(C)ccc3F)C2)c(F)c1. The van der Waals surface area contributed by atoms with Crippen molar-refractivity contribution in [3.8, 4) is 11.1 Å². The number of aryl methyl sites for hydroxylation is 1. The molecule has 3 aromatic rings. The van der Waals surface area contributed by atoms with Crippen LogP contribution in [-0.4, -0.2) is 55.8 Å². The minimum absolute atomic E-state index is 0.0503. The molecule has 1 saturated heterocycles. The van der Waals surface area contributed by atoms with E-state index >= 15 is 8.78 Å². The van der Waals surface area contributed by atoms with Crippen LogP contribution in [0.2, 0.25) is 0 Å². The van der Waals surface area contributed by atoms with Crippen molar-refractivity contribution in [1.29, 1.82) is 0 Å². The number of ether oxygens (including phenoxy) is 1. The maximum atomic E-state index is 15.6. The highest BCUT2D eigenvalue weighted by Crippen LogP contribution is 2.45. The third kappa shape index (κ3) is 7.22. The number of aliphatic hydroxyl groups is 1. The number of amides is 2. The van der Waals surface area contributed by atoms with Crippen LogP contribution in [0.15, 0.2) is 48.5 Å². The Labute approximate surface area is 254 Å². The number of rotatable bonds is 10. The lowest BCUT2D eigenvalue weighted by Gasteiger charge is -2.43. The number of halogens is 4. The van der Waals surface area contributed by atoms with Gasteiger partial charge in [-0.2, -0.15) is 0 Å². The second kappa shape index (κ2) is 14.2. The molecule has 236 valence electrons. The molecule has 11 heteroatoms. The van der Waals surface area contributed by atoms with Crippen molar-refractivity contribution >= 4 is 12.0 Å². The van der Waals surface area contributed by atoms with Crippen LogP contribution in [-0.2, 0) is 16.9 Å². The van der Waals surface area contributed by atoms with Crippen LogP contribution in [0.3, 0.4) is 0 Å². The molecule has 1 aliphatic rings. The van der Waals surface area contributed by atoms with Crippen LogP contribution in [0, 0.1) is 36.1 Å². The van der Waals surface area contributed by atoms with Crippen LogP contribution in [0.5, 0.6) is 0 Å². The van der Waals surface area contributed by atoms with Crippen molar-refractivity contribution in [3.05, 3.63) is 94.1 Å². The Morgan fingerprint density at radius 1 is 1.05 bits per heavy atom. The van der Waals surface area contributed by atoms with Gasteiger partial charge in [-0.05, 0) is 81.1 Å². The maximum absolute atomic E-state index is 15.6. The second-order valence-corrected chi connectivity index (χ2v) is 11.2. The number of nitrogens with zero attached hydrogens (tertiary/aromatic N) is 1. The first-order valence-corrected chi connectivity index (χ1v) is 14.5. The number of carbonyl (C=O) groups is 2. The molecule has 1 heterocycles. The normalized spacial score (nSPS) is 16.4. The predicted octanol–water partition coefficient (Wildman–Crippen LogP) is 5.81. The van der Waals surface area contributed by atoms with E-state index in [0.29, 0.717) is 36.6 Å². The van der Waals surface area contributed by atoms with Crippen LogP contribution in [0.1, 0.15) is 52.7 Å². The number of hydrogen-bond acceptors (Lipinski definition) is 5. The van der Waals surface area contributed by atoms with Gasteiger partial charge in [-0.25, -0.2) is 22.4 Å². The van der Waals surface area contributed by atoms with Gasteiger partial charge < -0.3 is 25.4 Å². The van der Waals surface area contributed by atoms with Gasteiger partial charge in [0.1, 0.15) is 23.3 Å². The molecule has 0 radical (unpaired) electrons. The first kappa shape index (κ1) is 32.9. The largest absolute Gasteiger partial charge is 0.453 e. The molecule has 0 saturated carbocycles. The van der Waals surface area contributed by atoms with Crippen LogP contribution < -0.4 is 10.6 Å². The van der Waals surface area contributed by atoms with E-state index in [4.69, 9.17) is 0 Å². The molecule has 0 aliphatic carbocycles. The predicted molar refractivity (Wildman–Crippen MR) is 158 cm³/mol. The van der Waals surface area contributed by atoms with Crippen molar-refractivity contribution in [3.63, 3.8) is 0 Å². The Kier molecular flexibility index (Phi) is 10.6. The van der Waals surface area contributed by atoms with E-state index in [-0.39, 0.29) is 54.7 Å². The zero-order valence-corrected chi connectivity index (χ0v) is 25.0. The summed E-state index contributed by atoms with van der Waals surface area (Å²) in [4.78, 5) is 26.6. The molecular weight excluding hydrogens is 578 g/mol. The number of methoxy groups -OCH3 is 1. The smallest absolute Gasteiger partial charge is 0.406 e. The quantitative estimate of drug-likeness (QED) is 0.198. The molecule has 4 rings (SSSR count). The molecule has 2 atom stereocenters. The fourth-order valence-corrected chi connectivity index (χ4v) is 5.97. The molecule has 0 bridgehead atoms. The summed E-state index contributed by atoms with van der Waals surface area (Å²) in [6, 6.07) is 10.1. The lowest BCUT2D eigenvalue weighted by atomic mass is 9.72. The fraction of sp³-hybridized carbons (Fsp3) is 0.394. The van der Waals surface area contributed by atoms with Gasteiger partial charge in [0, 0.05) is 49.3 Å². The van der Waals surface area contributed by atoms with Gasteiger partial charge in [0.15, 0.2) is 0 Å². The van der Waals surface area contributed by atoms with Crippen molar-refractivity contribution in [2.24, 2.45) is 5.92 Å². The molecule has 7 nitrogen and oxygen atoms in total. The number of carbonyl (C=O) groups excluding carboxylic acids is 2. The van der Waals surface area contributed by atoms with Gasteiger partial charge >= 0.3 is 6.09 Å². The first-order chi connectivity index (χ1) is 21.0. The molecule has 2 amide bonds. The highest BCUT2D eigenvalue weighted by atomic mass is 19.1. The summed E-state index contributed by atoms with van der Waals surface area (Å²) in [7, 11) is 2.93. The van der Waals surface area contributed by atoms with E-state index in [1.165, 1.54) is 42.3 Å². The summed E-state index contributed by atoms with van der Waals surface area (Å²) in [5.41, 5.74) is -1.41. The number of alkyl carbamates (subject to hydrolysis) is 1. The van der Waals surface area contributed by atoms with Gasteiger partial charge in [0.2, 0.25) is 0 Å². The van der Waals surface area contributed by atoms with Gasteiger partial charge in [0.05, 0.1) is 18.3 Å². The van der Waals surface area contributed by atoms with E-state index in [9.17, 15) is 23.5 Å². The molecule has 3 N–H and O–H groups in total. The second-order valence-electron chi connectivity index (χ2n) is 11.2. The summed E-state index contributed by atoms with van der Waals surface area (Å²) in [5, 5.41) is 17.9. The monoisotopic (exact) mass is 615 g/mol. The van der Waals surface area contributed by atoms with Gasteiger partial charge in [-0.15, -0.1) is 0 Å². The number of nitrogens with one attached hydrogen (secondary N) is 2. The summed E-state index contributed by atoms with van der Waals surface area (Å²) in [6.07, 6.45) is 0.156. The lowest BCUT2D eigenvalue weighted by Crippen LogP contribution is -2.48. The summed E-state index contributed by atoms with van der Waals surface area (Å²) < 4.78 is 65.2. The highest BCUT2D eigenvalue weighted by molar-refractivity contribution is 5.94. The van der Waals surface area contributed by atoms with Crippen molar-refractivity contribution in [2.45, 2.75) is 44.8 Å². The first-order valence-electron chi connectivity index (χ1n) is 14.5. The summed E-state index contributed by atoms with van der Waals surface area (Å²) in [5.74, 6) is -4.80. The Bertz CT molecular complexity index is 1520. The Morgan fingerprint density at radius 3 is 2.52 bits per heavy atom. The van der Waals surface area contributed by atoms with Crippen LogP contribution in [0.25, 0.3) is 11.1 Å². The van der Waals surface area contributed by atoms with E-state index in [1.807, 2.05) is 0 Å². The molecule has 0 aromatic heterocycles. The van der Waals surface area contributed by atoms with Crippen molar-refractivity contribution < 1.29 is 37.0 Å². The van der Waals surface area contributed by atoms with Crippen LogP contribution in [0.4, 0.5) is 22.4 Å². The third-order valence-electron chi connectivity index (χ3n) is 8.13. The van der Waals surface area contributed by atoms with Gasteiger partial charge in [0.25, 0.3) is 5.91 Å². The molecule has 3 aromatic carbocycles. The minimum Gasteiger partial charge on any atom is -0.453 e. The molecule has 44 heavy (non-hydrogen) atoms. The number of likely N-dealkylation sites (tertiary alicyclic amines) is 1. The van der Waals surface area contributed by atoms with E-state index in [2.05, 4.69) is 15.4 Å². The summed E-state index contributed by atoms with van der Waals surface area (Å²) in [6.45, 7) is 2.42. The standard InChI is InChI=1S/C33H37F4N3O4/c1-20-7-10-27(35)25(14-20)30-26(16-23(34)17-29(30)37)33(43,11-5-12-39-32(42)44-3)22-6-4-13-40(19-22)31(41)24-9-8-21(18-38-2)15-28(24)36/h7-10,14-17,22,38,43H,4-6,11-13,18-19H2,1-3H3,(H,39,42)/t22-,33?/m1/s1. The summed E-state index contributed by atoms with van der Waals surface area (Å²) >= 11 is 0. The van der Waals surface area contributed by atoms with E-state index in [0.717, 1.165) is 6.07 Å². The minimum atomic E-state index is -1.97. The topological polar surface area (TPSA) is 90.9 Å². The van der Waals surface area contributed by atoms with Crippen molar-refractivity contribution in [1.82, 2.24) is 15.5 Å². The number of piperidine rings is 1. The Morgan fingerprint density at radius 2 is 1.82 bits per heavy atom. The third-order valence-corrected chi connectivity index (χ3v) is 8.13. The zero-order valence-electron chi connectivity index (χ0n) is 25.0.